The molecule has 0 aliphatic carbocycles. The van der Waals surface area contributed by atoms with Gasteiger partial charge in [0.15, 0.2) is 0 Å². The highest BCUT2D eigenvalue weighted by molar-refractivity contribution is 5.81. The van der Waals surface area contributed by atoms with Gasteiger partial charge in [0.2, 0.25) is 5.91 Å². The standard InChI is InChI=1S/C15H18N2O2/c1-2-17(13-7-4-3-5-8-13)12-15(18)16-11-14-9-6-10-19-14/h3-10H,2,11-12H2,1H3,(H,16,18). The first-order valence-corrected chi connectivity index (χ1v) is 6.38. The maximum Gasteiger partial charge on any atom is 0.239 e. The fourth-order valence-corrected chi connectivity index (χ4v) is 1.85. The topological polar surface area (TPSA) is 45.5 Å². The monoisotopic (exact) mass is 258 g/mol. The van der Waals surface area contributed by atoms with Crippen LogP contribution in [-0.4, -0.2) is 19.0 Å². The minimum absolute atomic E-state index is 0.0119. The van der Waals surface area contributed by atoms with Crippen molar-refractivity contribution in [1.82, 2.24) is 5.32 Å². The van der Waals surface area contributed by atoms with Crippen LogP contribution in [0.25, 0.3) is 0 Å². The molecule has 0 saturated carbocycles. The molecule has 0 unspecified atom stereocenters. The third-order valence-corrected chi connectivity index (χ3v) is 2.88. The van der Waals surface area contributed by atoms with Crippen LogP contribution in [0.2, 0.25) is 0 Å². The highest BCUT2D eigenvalue weighted by atomic mass is 16.3. The molecule has 100 valence electrons. The second-order valence-corrected chi connectivity index (χ2v) is 4.21. The average molecular weight is 258 g/mol. The average Bonchev–Trinajstić information content (AvgIpc) is 2.97. The highest BCUT2D eigenvalue weighted by Crippen LogP contribution is 2.12. The summed E-state index contributed by atoms with van der Waals surface area (Å²) in [5.41, 5.74) is 1.05. The van der Waals surface area contributed by atoms with Gasteiger partial charge >= 0.3 is 0 Å². The summed E-state index contributed by atoms with van der Waals surface area (Å²) in [6.45, 7) is 3.60. The molecular weight excluding hydrogens is 240 g/mol. The Morgan fingerprint density at radius 3 is 2.63 bits per heavy atom. The van der Waals surface area contributed by atoms with Gasteiger partial charge in [-0.3, -0.25) is 4.79 Å². The van der Waals surface area contributed by atoms with Crippen LogP contribution in [0, 0.1) is 0 Å². The summed E-state index contributed by atoms with van der Waals surface area (Å²) in [6, 6.07) is 13.6. The molecule has 2 aromatic rings. The van der Waals surface area contributed by atoms with Crippen LogP contribution in [0.5, 0.6) is 0 Å². The number of rotatable bonds is 6. The zero-order valence-electron chi connectivity index (χ0n) is 11.0. The van der Waals surface area contributed by atoms with Crippen LogP contribution in [0.4, 0.5) is 5.69 Å². The van der Waals surface area contributed by atoms with Crippen molar-refractivity contribution < 1.29 is 9.21 Å². The molecule has 1 amide bonds. The van der Waals surface area contributed by atoms with Crippen LogP contribution >= 0.6 is 0 Å². The van der Waals surface area contributed by atoms with E-state index in [4.69, 9.17) is 4.42 Å². The Morgan fingerprint density at radius 2 is 2.00 bits per heavy atom. The molecule has 0 fully saturated rings. The van der Waals surface area contributed by atoms with Crippen molar-refractivity contribution in [1.29, 1.82) is 0 Å². The zero-order chi connectivity index (χ0) is 13.5. The fourth-order valence-electron chi connectivity index (χ4n) is 1.85. The van der Waals surface area contributed by atoms with Gasteiger partial charge in [-0.2, -0.15) is 0 Å². The van der Waals surface area contributed by atoms with E-state index in [9.17, 15) is 4.79 Å². The van der Waals surface area contributed by atoms with Gasteiger partial charge in [-0.25, -0.2) is 0 Å². The van der Waals surface area contributed by atoms with E-state index < -0.39 is 0 Å². The minimum atomic E-state index is -0.0119. The normalized spacial score (nSPS) is 10.2. The summed E-state index contributed by atoms with van der Waals surface area (Å²) in [5.74, 6) is 0.748. The van der Waals surface area contributed by atoms with Crippen LogP contribution < -0.4 is 10.2 Å². The van der Waals surface area contributed by atoms with Crippen molar-refractivity contribution in [3.8, 4) is 0 Å². The first kappa shape index (κ1) is 13.2. The summed E-state index contributed by atoms with van der Waals surface area (Å²) >= 11 is 0. The van der Waals surface area contributed by atoms with Crippen molar-refractivity contribution in [2.45, 2.75) is 13.5 Å². The Kier molecular flexibility index (Phi) is 4.61. The molecule has 0 atom stereocenters. The number of carbonyl (C=O) groups is 1. The molecule has 1 aromatic heterocycles. The van der Waals surface area contributed by atoms with E-state index in [-0.39, 0.29) is 5.91 Å². The number of hydrogen-bond donors (Lipinski definition) is 1. The van der Waals surface area contributed by atoms with Gasteiger partial charge in [-0.15, -0.1) is 0 Å². The lowest BCUT2D eigenvalue weighted by Gasteiger charge is -2.22. The van der Waals surface area contributed by atoms with Crippen LogP contribution in [0.3, 0.4) is 0 Å². The number of para-hydroxylation sites is 1. The molecule has 4 heteroatoms. The Balaban J connectivity index is 1.86. The number of benzene rings is 1. The lowest BCUT2D eigenvalue weighted by molar-refractivity contribution is -0.120. The van der Waals surface area contributed by atoms with Crippen LogP contribution in [0.1, 0.15) is 12.7 Å². The molecule has 2 rings (SSSR count). The maximum atomic E-state index is 11.9. The SMILES string of the molecule is CCN(CC(=O)NCc1ccco1)c1ccccc1. The van der Waals surface area contributed by atoms with Crippen molar-refractivity contribution in [2.24, 2.45) is 0 Å². The molecule has 1 N–H and O–H groups in total. The molecule has 0 spiro atoms. The quantitative estimate of drug-likeness (QED) is 0.865. The van der Waals surface area contributed by atoms with Crippen molar-refractivity contribution in [2.75, 3.05) is 18.0 Å². The van der Waals surface area contributed by atoms with Gasteiger partial charge in [0, 0.05) is 12.2 Å². The van der Waals surface area contributed by atoms with E-state index in [2.05, 4.69) is 5.32 Å². The molecule has 0 radical (unpaired) electrons. The first-order chi connectivity index (χ1) is 9.29. The van der Waals surface area contributed by atoms with E-state index in [0.29, 0.717) is 13.1 Å². The molecule has 0 saturated heterocycles. The Labute approximate surface area is 113 Å². The number of furan rings is 1. The third-order valence-electron chi connectivity index (χ3n) is 2.88. The predicted molar refractivity (Wildman–Crippen MR) is 74.9 cm³/mol. The molecule has 4 nitrogen and oxygen atoms in total. The molecule has 0 aliphatic rings. The number of likely N-dealkylation sites (N-methyl/N-ethyl adjacent to an activating group) is 1. The molecule has 1 heterocycles. The van der Waals surface area contributed by atoms with Gasteiger partial charge in [0.05, 0.1) is 19.4 Å². The molecular formula is C15H18N2O2. The van der Waals surface area contributed by atoms with Gasteiger partial charge in [0.1, 0.15) is 5.76 Å². The van der Waals surface area contributed by atoms with Crippen molar-refractivity contribution in [3.05, 3.63) is 54.5 Å². The Morgan fingerprint density at radius 1 is 1.21 bits per heavy atom. The highest BCUT2D eigenvalue weighted by Gasteiger charge is 2.09. The van der Waals surface area contributed by atoms with E-state index in [1.165, 1.54) is 0 Å². The number of nitrogens with one attached hydrogen (secondary N) is 1. The van der Waals surface area contributed by atoms with Gasteiger partial charge in [0.25, 0.3) is 0 Å². The Bertz CT molecular complexity index is 494. The fraction of sp³-hybridized carbons (Fsp3) is 0.267. The molecule has 0 aliphatic heterocycles. The van der Waals surface area contributed by atoms with E-state index in [0.717, 1.165) is 18.0 Å². The first-order valence-electron chi connectivity index (χ1n) is 6.38. The van der Waals surface area contributed by atoms with Gasteiger partial charge in [-0.1, -0.05) is 18.2 Å². The summed E-state index contributed by atoms with van der Waals surface area (Å²) in [4.78, 5) is 13.9. The molecule has 1 aromatic carbocycles. The summed E-state index contributed by atoms with van der Waals surface area (Å²) in [7, 11) is 0. The second kappa shape index (κ2) is 6.64. The molecule has 19 heavy (non-hydrogen) atoms. The lowest BCUT2D eigenvalue weighted by Crippen LogP contribution is -2.36. The van der Waals surface area contributed by atoms with Gasteiger partial charge in [-0.05, 0) is 31.2 Å². The smallest absolute Gasteiger partial charge is 0.239 e. The third kappa shape index (κ3) is 3.88. The van der Waals surface area contributed by atoms with E-state index in [1.54, 1.807) is 6.26 Å². The number of amides is 1. The second-order valence-electron chi connectivity index (χ2n) is 4.21. The number of carbonyl (C=O) groups excluding carboxylic acids is 1. The van der Waals surface area contributed by atoms with Crippen LogP contribution in [0.15, 0.2) is 53.1 Å². The number of hydrogen-bond acceptors (Lipinski definition) is 3. The maximum absolute atomic E-state index is 11.9. The number of nitrogens with zero attached hydrogens (tertiary/aromatic N) is 1. The summed E-state index contributed by atoms with van der Waals surface area (Å²) < 4.78 is 5.17. The molecule has 0 bridgehead atoms. The van der Waals surface area contributed by atoms with Crippen molar-refractivity contribution in [3.63, 3.8) is 0 Å². The Hall–Kier alpha value is -2.23. The largest absolute Gasteiger partial charge is 0.467 e. The predicted octanol–water partition coefficient (Wildman–Crippen LogP) is 2.42. The summed E-state index contributed by atoms with van der Waals surface area (Å²) in [5, 5.41) is 2.85. The van der Waals surface area contributed by atoms with E-state index in [1.807, 2.05) is 54.3 Å². The summed E-state index contributed by atoms with van der Waals surface area (Å²) in [6.07, 6.45) is 1.60. The van der Waals surface area contributed by atoms with Gasteiger partial charge < -0.3 is 14.6 Å². The van der Waals surface area contributed by atoms with Crippen LogP contribution in [-0.2, 0) is 11.3 Å². The van der Waals surface area contributed by atoms with E-state index >= 15 is 0 Å². The lowest BCUT2D eigenvalue weighted by atomic mass is 10.3. The number of anilines is 1. The van der Waals surface area contributed by atoms with Crippen molar-refractivity contribution >= 4 is 11.6 Å². The minimum Gasteiger partial charge on any atom is -0.467 e. The zero-order valence-corrected chi connectivity index (χ0v) is 11.0.